The van der Waals surface area contributed by atoms with Crippen LogP contribution < -0.4 is 10.6 Å². The number of aliphatic hydroxyl groups is 1. The summed E-state index contributed by atoms with van der Waals surface area (Å²) in [5, 5.41) is 16.9. The lowest BCUT2D eigenvalue weighted by Crippen LogP contribution is -2.60. The number of aryl methyl sites for hydroxylation is 1. The molecule has 0 aromatic heterocycles. The number of hydrogen-bond donors (Lipinski definition) is 3. The summed E-state index contributed by atoms with van der Waals surface area (Å²) in [4.78, 5) is 56.3. The van der Waals surface area contributed by atoms with Gasteiger partial charge in [0.15, 0.2) is 0 Å². The molecule has 10 nitrogen and oxygen atoms in total. The molecule has 0 bridgehead atoms. The minimum Gasteiger partial charge on any atom is -0.444 e. The van der Waals surface area contributed by atoms with Gasteiger partial charge in [0.25, 0.3) is 0 Å². The van der Waals surface area contributed by atoms with Gasteiger partial charge in [0.1, 0.15) is 23.7 Å². The second kappa shape index (κ2) is 12.4. The Labute approximate surface area is 243 Å². The van der Waals surface area contributed by atoms with Crippen molar-refractivity contribution in [1.82, 2.24) is 20.4 Å². The molecule has 0 saturated carbocycles. The second-order valence-electron chi connectivity index (χ2n) is 13.0. The van der Waals surface area contributed by atoms with Crippen LogP contribution in [0.25, 0.3) is 0 Å². The van der Waals surface area contributed by atoms with Crippen LogP contribution in [0.4, 0.5) is 4.79 Å². The molecule has 0 unspecified atom stereocenters. The molecule has 4 rings (SSSR count). The maximum Gasteiger partial charge on any atom is 0.410 e. The first-order chi connectivity index (χ1) is 19.3. The molecule has 7 atom stereocenters. The molecule has 0 spiro atoms. The highest BCUT2D eigenvalue weighted by Gasteiger charge is 2.47. The van der Waals surface area contributed by atoms with Crippen molar-refractivity contribution in [3.63, 3.8) is 0 Å². The summed E-state index contributed by atoms with van der Waals surface area (Å²) >= 11 is 0. The van der Waals surface area contributed by atoms with E-state index in [1.54, 1.807) is 32.6 Å². The Hall–Kier alpha value is -3.14. The molecule has 4 amide bonds. The number of aliphatic hydroxyl groups excluding tert-OH is 1. The monoisotopic (exact) mass is 570 g/mol. The predicted octanol–water partition coefficient (Wildman–Crippen LogP) is 3.07. The van der Waals surface area contributed by atoms with Gasteiger partial charge in [-0.2, -0.15) is 0 Å². The minimum atomic E-state index is -1.03. The Balaban J connectivity index is 1.50. The summed E-state index contributed by atoms with van der Waals surface area (Å²) in [5.41, 5.74) is 1.65. The highest BCUT2D eigenvalue weighted by molar-refractivity contribution is 5.94. The number of carbonyl (C=O) groups excluding carboxylic acids is 4. The van der Waals surface area contributed by atoms with Gasteiger partial charge in [0.05, 0.1) is 12.1 Å². The quantitative estimate of drug-likeness (QED) is 0.499. The van der Waals surface area contributed by atoms with Crippen molar-refractivity contribution in [3.8, 4) is 0 Å². The number of rotatable bonds is 5. The summed E-state index contributed by atoms with van der Waals surface area (Å²) in [7, 11) is 1.47. The van der Waals surface area contributed by atoms with Crippen LogP contribution >= 0.6 is 0 Å². The van der Waals surface area contributed by atoms with Crippen molar-refractivity contribution in [3.05, 3.63) is 35.4 Å². The number of hydrogen-bond acceptors (Lipinski definition) is 6. The van der Waals surface area contributed by atoms with E-state index >= 15 is 0 Å². The van der Waals surface area contributed by atoms with Crippen LogP contribution in [0.2, 0.25) is 0 Å². The van der Waals surface area contributed by atoms with Crippen molar-refractivity contribution in [2.24, 2.45) is 5.92 Å². The summed E-state index contributed by atoms with van der Waals surface area (Å²) in [6, 6.07) is 5.26. The zero-order chi connectivity index (χ0) is 30.1. The normalized spacial score (nSPS) is 28.9. The van der Waals surface area contributed by atoms with Crippen LogP contribution in [0.3, 0.4) is 0 Å². The third-order valence-electron chi connectivity index (χ3n) is 8.78. The standard InChI is InChI=1S/C31H46N4O6/c1-18-16-21-14-15-25(28(38)32-23-13-9-11-20-10-7-8-12-22(20)23)35(21)29(39)24(17-26(18)36)33-27(37)19(2)34(6)30(40)41-31(3,4)5/h7-8,10,12,18-19,21,23-26,36H,9,11,13-17H2,1-6H3,(H,32,38)(H,33,37)/t18-,19-,21+,23+,24-,25-,26-/m0/s1. The van der Waals surface area contributed by atoms with Gasteiger partial charge in [-0.15, -0.1) is 0 Å². The first-order valence-corrected chi connectivity index (χ1v) is 14.9. The minimum absolute atomic E-state index is 0.0299. The van der Waals surface area contributed by atoms with E-state index in [9.17, 15) is 24.3 Å². The molecule has 2 heterocycles. The topological polar surface area (TPSA) is 128 Å². The van der Waals surface area contributed by atoms with Crippen LogP contribution in [-0.4, -0.2) is 81.6 Å². The first kappa shape index (κ1) is 30.8. The highest BCUT2D eigenvalue weighted by atomic mass is 16.6. The predicted molar refractivity (Wildman–Crippen MR) is 154 cm³/mol. The highest BCUT2D eigenvalue weighted by Crippen LogP contribution is 2.35. The molecule has 0 radical (unpaired) electrons. The van der Waals surface area contributed by atoms with Crippen LogP contribution in [0.15, 0.2) is 24.3 Å². The molecule has 226 valence electrons. The van der Waals surface area contributed by atoms with E-state index in [0.717, 1.165) is 24.8 Å². The number of benzene rings is 1. The molecule has 1 aromatic rings. The number of amides is 4. The number of likely N-dealkylation sites (N-methyl/N-ethyl adjacent to an activating group) is 1. The average Bonchev–Trinajstić information content (AvgIpc) is 3.33. The zero-order valence-electron chi connectivity index (χ0n) is 25.2. The molecule has 3 aliphatic rings. The molecule has 3 N–H and O–H groups in total. The van der Waals surface area contributed by atoms with E-state index in [0.29, 0.717) is 19.3 Å². The second-order valence-corrected chi connectivity index (χ2v) is 13.0. The van der Waals surface area contributed by atoms with Crippen molar-refractivity contribution in [2.75, 3.05) is 7.05 Å². The smallest absolute Gasteiger partial charge is 0.410 e. The van der Waals surface area contributed by atoms with Crippen LogP contribution in [0.5, 0.6) is 0 Å². The van der Waals surface area contributed by atoms with E-state index in [1.807, 2.05) is 19.1 Å². The number of fused-ring (bicyclic) bond motifs is 2. The first-order valence-electron chi connectivity index (χ1n) is 14.9. The largest absolute Gasteiger partial charge is 0.444 e. The summed E-state index contributed by atoms with van der Waals surface area (Å²) < 4.78 is 5.38. The Morgan fingerprint density at radius 1 is 1.07 bits per heavy atom. The molecule has 2 aliphatic heterocycles. The summed E-state index contributed by atoms with van der Waals surface area (Å²) in [6.07, 6.45) is 3.16. The van der Waals surface area contributed by atoms with E-state index in [4.69, 9.17) is 4.74 Å². The molecule has 2 fully saturated rings. The zero-order valence-corrected chi connectivity index (χ0v) is 25.2. The number of nitrogens with one attached hydrogen (secondary N) is 2. The molecular formula is C31H46N4O6. The third-order valence-corrected chi connectivity index (χ3v) is 8.78. The number of carbonyl (C=O) groups is 4. The van der Waals surface area contributed by atoms with Gasteiger partial charge in [-0.05, 0) is 83.3 Å². The number of ether oxygens (including phenoxy) is 1. The van der Waals surface area contributed by atoms with Crippen LogP contribution in [-0.2, 0) is 25.5 Å². The molecule has 41 heavy (non-hydrogen) atoms. The number of nitrogens with zero attached hydrogens (tertiary/aromatic N) is 2. The van der Waals surface area contributed by atoms with Gasteiger partial charge < -0.3 is 25.4 Å². The van der Waals surface area contributed by atoms with Gasteiger partial charge >= 0.3 is 6.09 Å². The Morgan fingerprint density at radius 3 is 2.49 bits per heavy atom. The summed E-state index contributed by atoms with van der Waals surface area (Å²) in [6.45, 7) is 8.72. The van der Waals surface area contributed by atoms with E-state index in [1.165, 1.54) is 17.5 Å². The van der Waals surface area contributed by atoms with Crippen LogP contribution in [0.1, 0.15) is 90.3 Å². The molecular weight excluding hydrogens is 524 g/mol. The van der Waals surface area contributed by atoms with Gasteiger partial charge in [-0.1, -0.05) is 31.2 Å². The maximum absolute atomic E-state index is 14.0. The third kappa shape index (κ3) is 7.02. The van der Waals surface area contributed by atoms with Gasteiger partial charge in [-0.25, -0.2) is 4.79 Å². The lowest BCUT2D eigenvalue weighted by atomic mass is 9.87. The average molecular weight is 571 g/mol. The lowest BCUT2D eigenvalue weighted by Gasteiger charge is -2.39. The lowest BCUT2D eigenvalue weighted by molar-refractivity contribution is -0.146. The summed E-state index contributed by atoms with van der Waals surface area (Å²) in [5.74, 6) is -1.21. The Kier molecular flexibility index (Phi) is 9.31. The van der Waals surface area contributed by atoms with Crippen molar-refractivity contribution >= 4 is 23.8 Å². The van der Waals surface area contributed by atoms with Crippen LogP contribution in [0, 0.1) is 5.92 Å². The van der Waals surface area contributed by atoms with Crippen molar-refractivity contribution in [2.45, 2.75) is 121 Å². The van der Waals surface area contributed by atoms with E-state index in [2.05, 4.69) is 22.8 Å². The fraction of sp³-hybridized carbons (Fsp3) is 0.677. The molecule has 1 aliphatic carbocycles. The SMILES string of the molecule is C[C@H]1C[C@H]2CC[C@@H](C(=O)N[C@@H]3CCCc4ccccc43)N2C(=O)[C@@H](NC(=O)[C@H](C)N(C)C(=O)OC(C)(C)C)C[C@@H]1O. The Morgan fingerprint density at radius 2 is 1.78 bits per heavy atom. The fourth-order valence-corrected chi connectivity index (χ4v) is 6.30. The fourth-order valence-electron chi connectivity index (χ4n) is 6.30. The Bertz CT molecular complexity index is 1150. The van der Waals surface area contributed by atoms with Gasteiger partial charge in [0.2, 0.25) is 17.7 Å². The van der Waals surface area contributed by atoms with Crippen molar-refractivity contribution < 1.29 is 29.0 Å². The molecule has 10 heteroatoms. The van der Waals surface area contributed by atoms with E-state index in [-0.39, 0.29) is 36.2 Å². The van der Waals surface area contributed by atoms with E-state index < -0.39 is 41.8 Å². The maximum atomic E-state index is 14.0. The molecule has 1 aromatic carbocycles. The van der Waals surface area contributed by atoms with Gasteiger partial charge in [-0.3, -0.25) is 19.3 Å². The molecule has 2 saturated heterocycles. The van der Waals surface area contributed by atoms with Gasteiger partial charge in [0, 0.05) is 19.5 Å². The van der Waals surface area contributed by atoms with Crippen molar-refractivity contribution in [1.29, 1.82) is 0 Å².